The first-order chi connectivity index (χ1) is 11.7. The Morgan fingerprint density at radius 2 is 2.00 bits per heavy atom. The second kappa shape index (κ2) is 7.93. The number of aromatic nitrogens is 2. The number of aryl methyl sites for hydroxylation is 2. The summed E-state index contributed by atoms with van der Waals surface area (Å²) in [6.07, 6.45) is 2.00. The van der Waals surface area contributed by atoms with Gasteiger partial charge in [-0.05, 0) is 31.0 Å². The third-order valence-corrected chi connectivity index (χ3v) is 4.64. The number of amides is 1. The van der Waals surface area contributed by atoms with Crippen LogP contribution in [-0.2, 0) is 17.6 Å². The summed E-state index contributed by atoms with van der Waals surface area (Å²) in [5.41, 5.74) is 4.38. The number of rotatable bonds is 7. The highest BCUT2D eigenvalue weighted by Crippen LogP contribution is 2.18. The Bertz CT molecular complexity index is 792. The number of aromatic amines is 1. The van der Waals surface area contributed by atoms with Crippen molar-refractivity contribution in [3.63, 3.8) is 0 Å². The zero-order valence-electron chi connectivity index (χ0n) is 13.7. The minimum absolute atomic E-state index is 0.0813. The van der Waals surface area contributed by atoms with E-state index in [1.54, 1.807) is 11.3 Å². The van der Waals surface area contributed by atoms with Crippen molar-refractivity contribution in [2.75, 3.05) is 6.54 Å². The van der Waals surface area contributed by atoms with Gasteiger partial charge in [0.1, 0.15) is 0 Å². The van der Waals surface area contributed by atoms with E-state index in [0.29, 0.717) is 19.4 Å². The molecule has 0 aliphatic carbocycles. The molecule has 0 aliphatic heterocycles. The zero-order valence-corrected chi connectivity index (χ0v) is 14.5. The summed E-state index contributed by atoms with van der Waals surface area (Å²) in [5, 5.41) is 6.08. The van der Waals surface area contributed by atoms with Crippen LogP contribution in [0.2, 0.25) is 0 Å². The molecule has 0 saturated carbocycles. The lowest BCUT2D eigenvalue weighted by Crippen LogP contribution is -2.26. The molecule has 3 rings (SSSR count). The van der Waals surface area contributed by atoms with Crippen LogP contribution in [0.15, 0.2) is 47.8 Å². The number of benzene rings is 1. The van der Waals surface area contributed by atoms with E-state index in [1.807, 2.05) is 36.6 Å². The maximum Gasteiger partial charge on any atom is 0.220 e. The van der Waals surface area contributed by atoms with Crippen molar-refractivity contribution in [2.45, 2.75) is 26.2 Å². The molecular formula is C19H21N3OS. The first-order valence-electron chi connectivity index (χ1n) is 8.12. The number of thiazole rings is 1. The third kappa shape index (κ3) is 4.55. The molecule has 0 fully saturated rings. The van der Waals surface area contributed by atoms with Crippen LogP contribution in [0.4, 0.5) is 0 Å². The Kier molecular flexibility index (Phi) is 5.43. The van der Waals surface area contributed by atoms with Gasteiger partial charge in [0, 0.05) is 36.2 Å². The molecule has 2 aromatic heterocycles. The number of nitrogens with one attached hydrogen (secondary N) is 2. The normalized spacial score (nSPS) is 10.7. The van der Waals surface area contributed by atoms with Gasteiger partial charge in [0.05, 0.1) is 10.7 Å². The van der Waals surface area contributed by atoms with Gasteiger partial charge in [0.25, 0.3) is 0 Å². The molecule has 0 atom stereocenters. The maximum atomic E-state index is 11.9. The molecule has 0 saturated heterocycles. The maximum absolute atomic E-state index is 11.9. The lowest BCUT2D eigenvalue weighted by atomic mass is 10.2. The van der Waals surface area contributed by atoms with Crippen molar-refractivity contribution in [1.29, 1.82) is 0 Å². The minimum Gasteiger partial charge on any atom is -0.358 e. The second-order valence-electron chi connectivity index (χ2n) is 5.72. The molecule has 124 valence electrons. The molecule has 5 heteroatoms. The standard InChI is InChI=1S/C19H21N3OS/c1-14-21-17(13-24-14)11-12-20-19(23)10-8-16-7-9-18(22-16)15-5-3-2-4-6-15/h2-7,9,13,22H,8,10-12H2,1H3,(H,20,23). The molecule has 0 spiro atoms. The van der Waals surface area contributed by atoms with Crippen LogP contribution in [0.3, 0.4) is 0 Å². The first kappa shape index (κ1) is 16.5. The fourth-order valence-corrected chi connectivity index (χ4v) is 3.21. The van der Waals surface area contributed by atoms with Gasteiger partial charge >= 0.3 is 0 Å². The van der Waals surface area contributed by atoms with E-state index < -0.39 is 0 Å². The Morgan fingerprint density at radius 1 is 1.17 bits per heavy atom. The monoisotopic (exact) mass is 339 g/mol. The summed E-state index contributed by atoms with van der Waals surface area (Å²) >= 11 is 1.64. The van der Waals surface area contributed by atoms with Crippen molar-refractivity contribution in [2.24, 2.45) is 0 Å². The van der Waals surface area contributed by atoms with Crippen LogP contribution < -0.4 is 5.32 Å². The van der Waals surface area contributed by atoms with Crippen LogP contribution >= 0.6 is 11.3 Å². The Labute approximate surface area is 146 Å². The summed E-state index contributed by atoms with van der Waals surface area (Å²) in [6.45, 7) is 2.63. The number of hydrogen-bond donors (Lipinski definition) is 2. The Balaban J connectivity index is 1.42. The summed E-state index contributed by atoms with van der Waals surface area (Å²) in [6, 6.07) is 14.3. The van der Waals surface area contributed by atoms with Gasteiger partial charge in [0.15, 0.2) is 0 Å². The minimum atomic E-state index is 0.0813. The van der Waals surface area contributed by atoms with Crippen molar-refractivity contribution in [3.8, 4) is 11.3 Å². The van der Waals surface area contributed by atoms with Crippen molar-refractivity contribution in [3.05, 3.63) is 64.2 Å². The molecule has 0 unspecified atom stereocenters. The van der Waals surface area contributed by atoms with E-state index in [2.05, 4.69) is 33.5 Å². The average Bonchev–Trinajstić information content (AvgIpc) is 3.23. The Hall–Kier alpha value is -2.40. The topological polar surface area (TPSA) is 57.8 Å². The number of carbonyl (C=O) groups is 1. The molecule has 0 radical (unpaired) electrons. The summed E-state index contributed by atoms with van der Waals surface area (Å²) in [7, 11) is 0. The van der Waals surface area contributed by atoms with Gasteiger partial charge in [-0.1, -0.05) is 30.3 Å². The SMILES string of the molecule is Cc1nc(CCNC(=O)CCc2ccc(-c3ccccc3)[nH]2)cs1. The predicted molar refractivity (Wildman–Crippen MR) is 98.1 cm³/mol. The fourth-order valence-electron chi connectivity index (χ4n) is 2.56. The van der Waals surface area contributed by atoms with Crippen molar-refractivity contribution in [1.82, 2.24) is 15.3 Å². The quantitative estimate of drug-likeness (QED) is 0.689. The van der Waals surface area contributed by atoms with Gasteiger partial charge in [0.2, 0.25) is 5.91 Å². The van der Waals surface area contributed by atoms with E-state index >= 15 is 0 Å². The van der Waals surface area contributed by atoms with Crippen LogP contribution in [0.25, 0.3) is 11.3 Å². The average molecular weight is 339 g/mol. The first-order valence-corrected chi connectivity index (χ1v) is 9.00. The zero-order chi connectivity index (χ0) is 16.8. The largest absolute Gasteiger partial charge is 0.358 e. The molecule has 1 aromatic carbocycles. The van der Waals surface area contributed by atoms with Crippen LogP contribution in [0.5, 0.6) is 0 Å². The van der Waals surface area contributed by atoms with Gasteiger partial charge in [-0.2, -0.15) is 0 Å². The van der Waals surface area contributed by atoms with Gasteiger partial charge in [-0.3, -0.25) is 4.79 Å². The molecule has 3 aromatic rings. The number of hydrogen-bond acceptors (Lipinski definition) is 3. The molecule has 0 bridgehead atoms. The van der Waals surface area contributed by atoms with Gasteiger partial charge < -0.3 is 10.3 Å². The third-order valence-electron chi connectivity index (χ3n) is 3.82. The van der Waals surface area contributed by atoms with Crippen molar-refractivity contribution >= 4 is 17.2 Å². The smallest absolute Gasteiger partial charge is 0.220 e. The highest BCUT2D eigenvalue weighted by atomic mass is 32.1. The summed E-state index contributed by atoms with van der Waals surface area (Å²) < 4.78 is 0. The molecule has 2 N–H and O–H groups in total. The molecule has 0 aliphatic rings. The molecule has 1 amide bonds. The molecule has 2 heterocycles. The highest BCUT2D eigenvalue weighted by molar-refractivity contribution is 7.09. The van der Waals surface area contributed by atoms with E-state index in [9.17, 15) is 4.79 Å². The Morgan fingerprint density at radius 3 is 2.75 bits per heavy atom. The molecule has 24 heavy (non-hydrogen) atoms. The van der Waals surface area contributed by atoms with E-state index in [4.69, 9.17) is 0 Å². The van der Waals surface area contributed by atoms with Crippen LogP contribution in [0.1, 0.15) is 22.8 Å². The van der Waals surface area contributed by atoms with E-state index in [-0.39, 0.29) is 5.91 Å². The fraction of sp³-hybridized carbons (Fsp3) is 0.263. The second-order valence-corrected chi connectivity index (χ2v) is 6.78. The number of carbonyl (C=O) groups excluding carboxylic acids is 1. The lowest BCUT2D eigenvalue weighted by molar-refractivity contribution is -0.121. The van der Waals surface area contributed by atoms with Crippen molar-refractivity contribution < 1.29 is 4.79 Å². The predicted octanol–water partition coefficient (Wildman–Crippen LogP) is 3.74. The molecular weight excluding hydrogens is 318 g/mol. The van der Waals surface area contributed by atoms with Crippen LogP contribution in [-0.4, -0.2) is 22.4 Å². The summed E-state index contributed by atoms with van der Waals surface area (Å²) in [4.78, 5) is 19.7. The molecule has 4 nitrogen and oxygen atoms in total. The lowest BCUT2D eigenvalue weighted by Gasteiger charge is -2.03. The van der Waals surface area contributed by atoms with E-state index in [1.165, 1.54) is 0 Å². The highest BCUT2D eigenvalue weighted by Gasteiger charge is 2.06. The number of H-pyrrole nitrogens is 1. The van der Waals surface area contributed by atoms with Gasteiger partial charge in [-0.25, -0.2) is 4.98 Å². The van der Waals surface area contributed by atoms with Crippen LogP contribution in [0, 0.1) is 6.92 Å². The van der Waals surface area contributed by atoms with Gasteiger partial charge in [-0.15, -0.1) is 11.3 Å². The summed E-state index contributed by atoms with van der Waals surface area (Å²) in [5.74, 6) is 0.0813. The number of nitrogens with zero attached hydrogens (tertiary/aromatic N) is 1. The van der Waals surface area contributed by atoms with E-state index in [0.717, 1.165) is 34.1 Å².